The zero-order chi connectivity index (χ0) is 11.2. The van der Waals surface area contributed by atoms with Gasteiger partial charge in [-0.25, -0.2) is 0 Å². The summed E-state index contributed by atoms with van der Waals surface area (Å²) in [4.78, 5) is 2.79. The number of hydrogen-bond acceptors (Lipinski definition) is 2. The van der Waals surface area contributed by atoms with Crippen LogP contribution in [0.2, 0.25) is 0 Å². The first-order valence-electron chi connectivity index (χ1n) is 7.16. The molecule has 1 atom stereocenters. The maximum Gasteiger partial charge on any atom is 0.0308 e. The van der Waals surface area contributed by atoms with Gasteiger partial charge in [-0.05, 0) is 64.0 Å². The Labute approximate surface area is 99.8 Å². The molecule has 3 aliphatic rings. The average Bonchev–Trinajstić information content (AvgIpc) is 2.99. The Morgan fingerprint density at radius 3 is 2.62 bits per heavy atom. The van der Waals surface area contributed by atoms with Crippen molar-refractivity contribution in [1.29, 1.82) is 0 Å². The molecule has 2 saturated carbocycles. The van der Waals surface area contributed by atoms with Crippen molar-refractivity contribution in [3.63, 3.8) is 0 Å². The third-order valence-corrected chi connectivity index (χ3v) is 5.03. The fraction of sp³-hybridized carbons (Fsp3) is 1.00. The lowest BCUT2D eigenvalue weighted by Crippen LogP contribution is -2.54. The summed E-state index contributed by atoms with van der Waals surface area (Å²) in [5.74, 6) is 1.94. The molecule has 0 radical (unpaired) electrons. The van der Waals surface area contributed by atoms with Crippen LogP contribution in [-0.2, 0) is 0 Å². The fourth-order valence-electron chi connectivity index (χ4n) is 3.68. The van der Waals surface area contributed by atoms with Gasteiger partial charge in [-0.2, -0.15) is 0 Å². The van der Waals surface area contributed by atoms with Crippen molar-refractivity contribution in [1.82, 2.24) is 10.2 Å². The highest BCUT2D eigenvalue weighted by Gasteiger charge is 2.44. The standard InChI is InChI=1S/C14H26N2/c1-11-8-13(9-11)16-7-3-6-15-14(2,10-16)12-4-5-12/h11-13,15H,3-10H2,1-2H3. The van der Waals surface area contributed by atoms with Crippen molar-refractivity contribution in [3.8, 4) is 0 Å². The summed E-state index contributed by atoms with van der Waals surface area (Å²) in [6.07, 6.45) is 7.14. The molecule has 2 aliphatic carbocycles. The minimum atomic E-state index is 0.426. The second-order valence-corrected chi connectivity index (χ2v) is 6.67. The third-order valence-electron chi connectivity index (χ3n) is 5.03. The van der Waals surface area contributed by atoms with Crippen LogP contribution >= 0.6 is 0 Å². The molecular formula is C14H26N2. The van der Waals surface area contributed by atoms with E-state index < -0.39 is 0 Å². The molecule has 0 aromatic heterocycles. The summed E-state index contributed by atoms with van der Waals surface area (Å²) >= 11 is 0. The smallest absolute Gasteiger partial charge is 0.0308 e. The molecule has 2 nitrogen and oxygen atoms in total. The first kappa shape index (κ1) is 11.0. The minimum Gasteiger partial charge on any atom is -0.310 e. The van der Waals surface area contributed by atoms with Crippen LogP contribution in [0.15, 0.2) is 0 Å². The summed E-state index contributed by atoms with van der Waals surface area (Å²) in [5.41, 5.74) is 0.426. The van der Waals surface area contributed by atoms with E-state index in [-0.39, 0.29) is 0 Å². The Hall–Kier alpha value is -0.0800. The van der Waals surface area contributed by atoms with Crippen molar-refractivity contribution in [2.24, 2.45) is 11.8 Å². The summed E-state index contributed by atoms with van der Waals surface area (Å²) in [5, 5.41) is 3.82. The van der Waals surface area contributed by atoms with Gasteiger partial charge in [0.2, 0.25) is 0 Å². The molecule has 0 aromatic carbocycles. The zero-order valence-electron chi connectivity index (χ0n) is 10.8. The van der Waals surface area contributed by atoms with Crippen molar-refractivity contribution >= 4 is 0 Å². The number of hydrogen-bond donors (Lipinski definition) is 1. The van der Waals surface area contributed by atoms with E-state index in [9.17, 15) is 0 Å². The molecule has 1 aliphatic heterocycles. The fourth-order valence-corrected chi connectivity index (χ4v) is 3.68. The maximum absolute atomic E-state index is 3.82. The van der Waals surface area contributed by atoms with E-state index in [2.05, 4.69) is 24.1 Å². The van der Waals surface area contributed by atoms with Gasteiger partial charge in [0.15, 0.2) is 0 Å². The van der Waals surface area contributed by atoms with E-state index in [1.807, 2.05) is 0 Å². The number of nitrogens with zero attached hydrogens (tertiary/aromatic N) is 1. The molecule has 2 heteroatoms. The number of nitrogens with one attached hydrogen (secondary N) is 1. The molecule has 16 heavy (non-hydrogen) atoms. The van der Waals surface area contributed by atoms with Gasteiger partial charge in [0, 0.05) is 18.1 Å². The molecule has 0 aromatic rings. The van der Waals surface area contributed by atoms with Crippen LogP contribution in [0, 0.1) is 11.8 Å². The van der Waals surface area contributed by atoms with Crippen molar-refractivity contribution in [2.75, 3.05) is 19.6 Å². The number of rotatable bonds is 2. The largest absolute Gasteiger partial charge is 0.310 e. The molecule has 1 heterocycles. The second kappa shape index (κ2) is 3.99. The van der Waals surface area contributed by atoms with E-state index in [1.54, 1.807) is 0 Å². The van der Waals surface area contributed by atoms with Crippen molar-refractivity contribution in [2.45, 2.75) is 57.5 Å². The average molecular weight is 222 g/mol. The van der Waals surface area contributed by atoms with Crippen LogP contribution in [0.4, 0.5) is 0 Å². The molecule has 3 fully saturated rings. The van der Waals surface area contributed by atoms with Crippen LogP contribution in [0.3, 0.4) is 0 Å². The highest BCUT2D eigenvalue weighted by Crippen LogP contribution is 2.42. The van der Waals surface area contributed by atoms with Gasteiger partial charge in [0.25, 0.3) is 0 Å². The lowest BCUT2D eigenvalue weighted by Gasteiger charge is -2.44. The summed E-state index contributed by atoms with van der Waals surface area (Å²) in [6.45, 7) is 8.71. The minimum absolute atomic E-state index is 0.426. The molecular weight excluding hydrogens is 196 g/mol. The molecule has 92 valence electrons. The Morgan fingerprint density at radius 1 is 1.25 bits per heavy atom. The lowest BCUT2D eigenvalue weighted by molar-refractivity contribution is 0.0669. The van der Waals surface area contributed by atoms with E-state index >= 15 is 0 Å². The van der Waals surface area contributed by atoms with E-state index in [0.29, 0.717) is 5.54 Å². The van der Waals surface area contributed by atoms with Gasteiger partial charge in [0.05, 0.1) is 0 Å². The first-order valence-corrected chi connectivity index (χ1v) is 7.16. The highest BCUT2D eigenvalue weighted by molar-refractivity contribution is 5.02. The first-order chi connectivity index (χ1) is 7.67. The molecule has 0 bridgehead atoms. The Bertz CT molecular complexity index is 255. The van der Waals surface area contributed by atoms with Crippen LogP contribution in [0.1, 0.15) is 46.0 Å². The maximum atomic E-state index is 3.82. The molecule has 3 rings (SSSR count). The lowest BCUT2D eigenvalue weighted by atomic mass is 9.80. The van der Waals surface area contributed by atoms with Crippen molar-refractivity contribution < 1.29 is 0 Å². The molecule has 0 amide bonds. The quantitative estimate of drug-likeness (QED) is 0.771. The topological polar surface area (TPSA) is 15.3 Å². The second-order valence-electron chi connectivity index (χ2n) is 6.67. The van der Waals surface area contributed by atoms with Gasteiger partial charge >= 0.3 is 0 Å². The summed E-state index contributed by atoms with van der Waals surface area (Å²) in [6, 6.07) is 0.910. The molecule has 1 N–H and O–H groups in total. The van der Waals surface area contributed by atoms with Crippen LogP contribution < -0.4 is 5.32 Å². The van der Waals surface area contributed by atoms with Gasteiger partial charge < -0.3 is 5.32 Å². The van der Waals surface area contributed by atoms with E-state index in [4.69, 9.17) is 0 Å². The van der Waals surface area contributed by atoms with E-state index in [1.165, 1.54) is 51.7 Å². The van der Waals surface area contributed by atoms with Gasteiger partial charge in [0.1, 0.15) is 0 Å². The monoisotopic (exact) mass is 222 g/mol. The highest BCUT2D eigenvalue weighted by atomic mass is 15.2. The van der Waals surface area contributed by atoms with E-state index in [0.717, 1.165) is 17.9 Å². The predicted molar refractivity (Wildman–Crippen MR) is 67.5 cm³/mol. The normalized spacial score (nSPS) is 46.1. The molecule has 1 unspecified atom stereocenters. The van der Waals surface area contributed by atoms with Crippen molar-refractivity contribution in [3.05, 3.63) is 0 Å². The molecule has 0 spiro atoms. The predicted octanol–water partition coefficient (Wildman–Crippen LogP) is 2.25. The summed E-state index contributed by atoms with van der Waals surface area (Å²) in [7, 11) is 0. The van der Waals surface area contributed by atoms with Crippen LogP contribution in [-0.4, -0.2) is 36.1 Å². The third kappa shape index (κ3) is 2.02. The molecule has 1 saturated heterocycles. The van der Waals surface area contributed by atoms with Gasteiger partial charge in [-0.1, -0.05) is 6.92 Å². The Balaban J connectivity index is 1.64. The van der Waals surface area contributed by atoms with Crippen LogP contribution in [0.25, 0.3) is 0 Å². The Morgan fingerprint density at radius 2 is 2.00 bits per heavy atom. The van der Waals surface area contributed by atoms with Gasteiger partial charge in [-0.3, -0.25) is 4.90 Å². The summed E-state index contributed by atoms with van der Waals surface area (Å²) < 4.78 is 0. The van der Waals surface area contributed by atoms with Crippen LogP contribution in [0.5, 0.6) is 0 Å². The Kier molecular flexibility index (Phi) is 2.75. The zero-order valence-corrected chi connectivity index (χ0v) is 10.8. The van der Waals surface area contributed by atoms with Gasteiger partial charge in [-0.15, -0.1) is 0 Å². The SMILES string of the molecule is CC1CC(N2CCCNC(C)(C3CC3)C2)C1.